The van der Waals surface area contributed by atoms with Crippen molar-refractivity contribution in [2.24, 2.45) is 0 Å². The number of quaternary nitrogens is 1. The predicted octanol–water partition coefficient (Wildman–Crippen LogP) is 3.43. The average molecular weight is 259 g/mol. The van der Waals surface area contributed by atoms with Gasteiger partial charge in [0.2, 0.25) is 0 Å². The Kier molecular flexibility index (Phi) is 7.72. The normalized spacial score (nSPS) is 12.7. The van der Waals surface area contributed by atoms with Crippen molar-refractivity contribution in [1.82, 2.24) is 0 Å². The number of allylic oxidation sites excluding steroid dienone is 2. The van der Waals surface area contributed by atoms with Gasteiger partial charge in [0.15, 0.2) is 0 Å². The first-order chi connectivity index (χ1) is 8.97. The smallest absolute Gasteiger partial charge is 0.375 e. The fraction of sp³-hybridized carbons (Fsp3) is 0. The molecule has 1 N–H and O–H groups in total. The number of hydrogen-bond donors (Lipinski definition) is 1. The third kappa shape index (κ3) is 6.90. The van der Waals surface area contributed by atoms with E-state index in [-0.39, 0.29) is 0 Å². The summed E-state index contributed by atoms with van der Waals surface area (Å²) in [6.45, 7) is 9.95. The summed E-state index contributed by atoms with van der Waals surface area (Å²) < 4.78 is 0. The van der Waals surface area contributed by atoms with Crippen LogP contribution in [0.25, 0.3) is 6.08 Å². The van der Waals surface area contributed by atoms with Crippen LogP contribution in [0.15, 0.2) is 74.5 Å². The number of hydroxylamine groups is 4. The molecular formula is C15H17NO3. The number of amides is 1. The molecule has 4 nitrogen and oxygen atoms in total. The second-order valence-corrected chi connectivity index (χ2v) is 3.36. The van der Waals surface area contributed by atoms with Crippen LogP contribution in [-0.2, 0) is 4.79 Å². The minimum atomic E-state index is -2.07. The van der Waals surface area contributed by atoms with E-state index in [0.29, 0.717) is 0 Å². The second kappa shape index (κ2) is 8.77. The van der Waals surface area contributed by atoms with Gasteiger partial charge >= 0.3 is 5.91 Å². The van der Waals surface area contributed by atoms with Gasteiger partial charge in [-0.25, -0.2) is 10.0 Å². The van der Waals surface area contributed by atoms with Crippen LogP contribution in [0.5, 0.6) is 0 Å². The van der Waals surface area contributed by atoms with Crippen molar-refractivity contribution in [2.45, 2.75) is 0 Å². The molecule has 0 spiro atoms. The van der Waals surface area contributed by atoms with E-state index in [1.165, 1.54) is 17.7 Å². The molecule has 4 heteroatoms. The van der Waals surface area contributed by atoms with Crippen molar-refractivity contribution >= 4 is 12.0 Å². The molecule has 0 aliphatic rings. The SMILES string of the molecule is C=CC=C[N+]([O-])(O)C(=O)C=C.C=Cc1ccccc1. The number of carbonyl (C=O) groups excluding carboxylic acids is 1. The highest BCUT2D eigenvalue weighted by molar-refractivity contribution is 5.80. The number of hydrogen-bond acceptors (Lipinski definition) is 3. The molecule has 0 fully saturated rings. The van der Waals surface area contributed by atoms with E-state index in [0.717, 1.165) is 12.3 Å². The molecule has 0 radical (unpaired) electrons. The van der Waals surface area contributed by atoms with Gasteiger partial charge in [0.05, 0.1) is 0 Å². The maximum Gasteiger partial charge on any atom is 0.375 e. The Morgan fingerprint density at radius 1 is 1.21 bits per heavy atom. The molecule has 1 aromatic carbocycles. The zero-order chi connectivity index (χ0) is 14.7. The summed E-state index contributed by atoms with van der Waals surface area (Å²) in [5.74, 6) is -1.04. The van der Waals surface area contributed by atoms with Crippen LogP contribution < -0.4 is 0 Å². The lowest BCUT2D eigenvalue weighted by molar-refractivity contribution is -0.954. The highest BCUT2D eigenvalue weighted by Gasteiger charge is 2.18. The molecule has 1 unspecified atom stereocenters. The summed E-state index contributed by atoms with van der Waals surface area (Å²) in [6.07, 6.45) is 5.78. The molecular weight excluding hydrogens is 242 g/mol. The number of benzene rings is 1. The Balaban J connectivity index is 0.000000356. The summed E-state index contributed by atoms with van der Waals surface area (Å²) in [5, 5.41) is 19.5. The lowest BCUT2D eigenvalue weighted by Gasteiger charge is -2.23. The van der Waals surface area contributed by atoms with Crippen LogP contribution in [0.1, 0.15) is 5.56 Å². The second-order valence-electron chi connectivity index (χ2n) is 3.36. The molecule has 19 heavy (non-hydrogen) atoms. The summed E-state index contributed by atoms with van der Waals surface area (Å²) in [7, 11) is 0. The molecule has 0 aliphatic carbocycles. The van der Waals surface area contributed by atoms with Crippen LogP contribution >= 0.6 is 0 Å². The Morgan fingerprint density at radius 3 is 2.16 bits per heavy atom. The minimum Gasteiger partial charge on any atom is -0.586 e. The van der Waals surface area contributed by atoms with Crippen LogP contribution in [-0.4, -0.2) is 15.9 Å². The van der Waals surface area contributed by atoms with Gasteiger partial charge in [0.25, 0.3) is 0 Å². The number of nitrogens with zero attached hydrogens (tertiary/aromatic N) is 1. The lowest BCUT2D eigenvalue weighted by Crippen LogP contribution is -2.37. The van der Waals surface area contributed by atoms with Crippen molar-refractivity contribution in [3.63, 3.8) is 0 Å². The molecule has 0 aliphatic heterocycles. The zero-order valence-electron chi connectivity index (χ0n) is 10.6. The fourth-order valence-corrected chi connectivity index (χ4v) is 0.971. The van der Waals surface area contributed by atoms with E-state index in [4.69, 9.17) is 5.21 Å². The maximum atomic E-state index is 10.7. The van der Waals surface area contributed by atoms with E-state index in [9.17, 15) is 10.0 Å². The first kappa shape index (κ1) is 16.7. The monoisotopic (exact) mass is 259 g/mol. The Bertz CT molecular complexity index is 462. The molecule has 0 saturated carbocycles. The standard InChI is InChI=1S/C8H8.C7H9NO3/c1-2-8-6-4-3-5-7-8;1-3-5-6-8(10,11)7(9)4-2/h2-7H,1H2;3-6,10H,1-2H2. The van der Waals surface area contributed by atoms with E-state index in [1.54, 1.807) is 0 Å². The zero-order valence-corrected chi connectivity index (χ0v) is 10.6. The molecule has 0 bridgehead atoms. The van der Waals surface area contributed by atoms with Crippen LogP contribution in [0.4, 0.5) is 0 Å². The fourth-order valence-electron chi connectivity index (χ4n) is 0.971. The van der Waals surface area contributed by atoms with Crippen LogP contribution in [0.3, 0.4) is 0 Å². The highest BCUT2D eigenvalue weighted by atomic mass is 16.8. The molecule has 0 saturated heterocycles. The van der Waals surface area contributed by atoms with Crippen LogP contribution in [0.2, 0.25) is 0 Å². The van der Waals surface area contributed by atoms with Crippen molar-refractivity contribution in [1.29, 1.82) is 0 Å². The van der Waals surface area contributed by atoms with E-state index < -0.39 is 10.7 Å². The summed E-state index contributed by atoms with van der Waals surface area (Å²) in [4.78, 5) is 8.47. The van der Waals surface area contributed by atoms with Gasteiger partial charge in [0, 0.05) is 6.08 Å². The molecule has 1 rings (SSSR count). The first-order valence-corrected chi connectivity index (χ1v) is 5.45. The van der Waals surface area contributed by atoms with E-state index in [2.05, 4.69) is 19.7 Å². The van der Waals surface area contributed by atoms with E-state index in [1.807, 2.05) is 36.4 Å². The van der Waals surface area contributed by atoms with Crippen molar-refractivity contribution < 1.29 is 14.8 Å². The average Bonchev–Trinajstić information content (AvgIpc) is 2.45. The van der Waals surface area contributed by atoms with Gasteiger partial charge in [-0.15, -0.1) is 4.81 Å². The van der Waals surface area contributed by atoms with Gasteiger partial charge in [-0.05, 0) is 11.6 Å². The van der Waals surface area contributed by atoms with Gasteiger partial charge in [-0.1, -0.05) is 62.2 Å². The summed E-state index contributed by atoms with van der Waals surface area (Å²) >= 11 is 0. The number of rotatable bonds is 4. The summed E-state index contributed by atoms with van der Waals surface area (Å²) in [6, 6.07) is 10.0. The largest absolute Gasteiger partial charge is 0.586 e. The van der Waals surface area contributed by atoms with Gasteiger partial charge < -0.3 is 5.21 Å². The van der Waals surface area contributed by atoms with Crippen molar-refractivity contribution in [3.05, 3.63) is 85.3 Å². The maximum absolute atomic E-state index is 10.7. The molecule has 0 heterocycles. The summed E-state index contributed by atoms with van der Waals surface area (Å²) in [5.41, 5.74) is 1.17. The molecule has 100 valence electrons. The number of carbonyl (C=O) groups is 1. The molecule has 1 atom stereocenters. The topological polar surface area (TPSA) is 60.4 Å². The first-order valence-electron chi connectivity index (χ1n) is 5.45. The molecule has 0 aromatic heterocycles. The predicted molar refractivity (Wildman–Crippen MR) is 76.5 cm³/mol. The third-order valence-corrected chi connectivity index (χ3v) is 1.95. The minimum absolute atomic E-state index is 0.747. The Morgan fingerprint density at radius 2 is 1.79 bits per heavy atom. The quantitative estimate of drug-likeness (QED) is 0.296. The lowest BCUT2D eigenvalue weighted by atomic mass is 10.2. The van der Waals surface area contributed by atoms with Crippen LogP contribution in [0, 0.1) is 5.21 Å². The molecule has 1 aromatic rings. The van der Waals surface area contributed by atoms with Gasteiger partial charge in [-0.2, -0.15) is 0 Å². The van der Waals surface area contributed by atoms with Crippen molar-refractivity contribution in [2.75, 3.05) is 0 Å². The highest BCUT2D eigenvalue weighted by Crippen LogP contribution is 2.01. The van der Waals surface area contributed by atoms with Crippen molar-refractivity contribution in [3.8, 4) is 0 Å². The Hall–Kier alpha value is -2.27. The van der Waals surface area contributed by atoms with Gasteiger partial charge in [0.1, 0.15) is 6.20 Å². The third-order valence-electron chi connectivity index (χ3n) is 1.95. The Labute approximate surface area is 113 Å². The van der Waals surface area contributed by atoms with Gasteiger partial charge in [-0.3, -0.25) is 0 Å². The molecule has 1 amide bonds. The van der Waals surface area contributed by atoms with E-state index >= 15 is 0 Å².